The van der Waals surface area contributed by atoms with E-state index in [0.29, 0.717) is 11.4 Å². The Kier molecular flexibility index (Phi) is 5.32. The summed E-state index contributed by atoms with van der Waals surface area (Å²) in [5, 5.41) is 9.61. The Hall–Kier alpha value is -1.45. The van der Waals surface area contributed by atoms with Gasteiger partial charge in [-0.25, -0.2) is 0 Å². The maximum atomic E-state index is 11.5. The van der Waals surface area contributed by atoms with Crippen molar-refractivity contribution in [1.82, 2.24) is 0 Å². The van der Waals surface area contributed by atoms with Crippen LogP contribution in [0.15, 0.2) is 47.4 Å². The van der Waals surface area contributed by atoms with Crippen LogP contribution in [0.3, 0.4) is 0 Å². The Morgan fingerprint density at radius 2 is 1.86 bits per heavy atom. The molecular weight excluding hydrogens is 304 g/mol. The lowest BCUT2D eigenvalue weighted by molar-refractivity contribution is -0.136. The van der Waals surface area contributed by atoms with Gasteiger partial charge in [-0.1, -0.05) is 29.8 Å². The number of rotatable bonds is 5. The summed E-state index contributed by atoms with van der Waals surface area (Å²) in [7, 11) is 0. The molecule has 0 aliphatic carbocycles. The summed E-state index contributed by atoms with van der Waals surface area (Å²) in [5.74, 6) is -0.796. The fourth-order valence-electron chi connectivity index (χ4n) is 2.09. The van der Waals surface area contributed by atoms with Crippen molar-refractivity contribution in [2.24, 2.45) is 0 Å². The van der Waals surface area contributed by atoms with Gasteiger partial charge >= 0.3 is 5.97 Å². The first-order valence-corrected chi connectivity index (χ1v) is 7.93. The molecule has 2 nitrogen and oxygen atoms in total. The molecule has 0 aromatic heterocycles. The lowest BCUT2D eigenvalue weighted by atomic mass is 10.00. The first kappa shape index (κ1) is 15.9. The van der Waals surface area contributed by atoms with E-state index in [1.807, 2.05) is 44.2 Å². The minimum absolute atomic E-state index is 0.508. The maximum absolute atomic E-state index is 11.5. The molecule has 0 aliphatic heterocycles. The molecular formula is C17H17ClO2S. The lowest BCUT2D eigenvalue weighted by Gasteiger charge is -2.15. The van der Waals surface area contributed by atoms with Crippen molar-refractivity contribution in [2.45, 2.75) is 30.4 Å². The molecule has 0 amide bonds. The number of thioether (sulfide) groups is 1. The van der Waals surface area contributed by atoms with Crippen molar-refractivity contribution < 1.29 is 9.90 Å². The Morgan fingerprint density at radius 3 is 2.48 bits per heavy atom. The average molecular weight is 321 g/mol. The second-order valence-corrected chi connectivity index (χ2v) is 6.67. The normalized spacial score (nSPS) is 12.1. The van der Waals surface area contributed by atoms with E-state index in [9.17, 15) is 9.90 Å². The number of benzene rings is 2. The molecule has 110 valence electrons. The van der Waals surface area contributed by atoms with Gasteiger partial charge in [0, 0.05) is 9.92 Å². The molecule has 2 aromatic rings. The van der Waals surface area contributed by atoms with E-state index in [2.05, 4.69) is 0 Å². The highest BCUT2D eigenvalue weighted by atomic mass is 35.5. The number of hydrogen-bond donors (Lipinski definition) is 1. The van der Waals surface area contributed by atoms with E-state index in [-0.39, 0.29) is 0 Å². The summed E-state index contributed by atoms with van der Waals surface area (Å²) in [5.41, 5.74) is 3.44. The summed E-state index contributed by atoms with van der Waals surface area (Å²) in [6.45, 7) is 4.08. The molecule has 0 radical (unpaired) electrons. The molecule has 0 spiro atoms. The van der Waals surface area contributed by atoms with Gasteiger partial charge in [-0.05, 0) is 61.2 Å². The lowest BCUT2D eigenvalue weighted by Crippen LogP contribution is -2.19. The van der Waals surface area contributed by atoms with E-state index in [4.69, 9.17) is 11.6 Å². The van der Waals surface area contributed by atoms with E-state index in [1.165, 1.54) is 22.9 Å². The highest BCUT2D eigenvalue weighted by Crippen LogP contribution is 2.28. The fraction of sp³-hybridized carbons (Fsp3) is 0.235. The van der Waals surface area contributed by atoms with Crippen LogP contribution in [0.5, 0.6) is 0 Å². The molecule has 0 saturated carbocycles. The third kappa shape index (κ3) is 4.26. The number of carboxylic acid groups (broad SMARTS) is 1. The molecule has 4 heteroatoms. The summed E-state index contributed by atoms with van der Waals surface area (Å²) in [4.78, 5) is 12.4. The van der Waals surface area contributed by atoms with Gasteiger partial charge in [0.1, 0.15) is 5.25 Å². The molecule has 0 bridgehead atoms. The van der Waals surface area contributed by atoms with Gasteiger partial charge in [0.05, 0.1) is 0 Å². The van der Waals surface area contributed by atoms with Crippen molar-refractivity contribution in [3.8, 4) is 0 Å². The molecule has 2 aromatic carbocycles. The van der Waals surface area contributed by atoms with Gasteiger partial charge in [-0.15, -0.1) is 11.8 Å². The minimum atomic E-state index is -0.796. The molecule has 0 saturated heterocycles. The highest BCUT2D eigenvalue weighted by molar-refractivity contribution is 8.00. The first-order valence-electron chi connectivity index (χ1n) is 6.67. The van der Waals surface area contributed by atoms with Gasteiger partial charge in [-0.3, -0.25) is 4.79 Å². The summed E-state index contributed by atoms with van der Waals surface area (Å²) in [6.07, 6.45) is 0.510. The molecule has 2 rings (SSSR count). The Bertz CT molecular complexity index is 638. The molecule has 0 aliphatic rings. The number of aryl methyl sites for hydroxylation is 1. The Labute approximate surface area is 134 Å². The predicted molar refractivity (Wildman–Crippen MR) is 88.4 cm³/mol. The van der Waals surface area contributed by atoms with Gasteiger partial charge in [-0.2, -0.15) is 0 Å². The van der Waals surface area contributed by atoms with Crippen molar-refractivity contribution >= 4 is 29.3 Å². The van der Waals surface area contributed by atoms with Gasteiger partial charge in [0.2, 0.25) is 0 Å². The third-order valence-electron chi connectivity index (χ3n) is 3.49. The molecule has 21 heavy (non-hydrogen) atoms. The fourth-order valence-corrected chi connectivity index (χ4v) is 3.20. The van der Waals surface area contributed by atoms with Gasteiger partial charge in [0.25, 0.3) is 0 Å². The van der Waals surface area contributed by atoms with Crippen LogP contribution in [0.2, 0.25) is 5.02 Å². The van der Waals surface area contributed by atoms with E-state index < -0.39 is 11.2 Å². The smallest absolute Gasteiger partial charge is 0.317 e. The highest BCUT2D eigenvalue weighted by Gasteiger charge is 2.20. The molecule has 0 fully saturated rings. The molecule has 1 unspecified atom stereocenters. The zero-order valence-electron chi connectivity index (χ0n) is 12.0. The molecule has 1 atom stereocenters. The van der Waals surface area contributed by atoms with Crippen molar-refractivity contribution in [1.29, 1.82) is 0 Å². The monoisotopic (exact) mass is 320 g/mol. The van der Waals surface area contributed by atoms with Crippen LogP contribution in [0.1, 0.15) is 16.7 Å². The van der Waals surface area contributed by atoms with E-state index >= 15 is 0 Å². The van der Waals surface area contributed by atoms with E-state index in [0.717, 1.165) is 10.5 Å². The maximum Gasteiger partial charge on any atom is 0.317 e. The van der Waals surface area contributed by atoms with Crippen molar-refractivity contribution in [2.75, 3.05) is 0 Å². The topological polar surface area (TPSA) is 37.3 Å². The minimum Gasteiger partial charge on any atom is -0.480 e. The van der Waals surface area contributed by atoms with Crippen LogP contribution in [0.4, 0.5) is 0 Å². The van der Waals surface area contributed by atoms with Gasteiger partial charge in [0.15, 0.2) is 0 Å². The summed E-state index contributed by atoms with van der Waals surface area (Å²) in [6, 6.07) is 13.3. The van der Waals surface area contributed by atoms with E-state index in [1.54, 1.807) is 12.1 Å². The summed E-state index contributed by atoms with van der Waals surface area (Å²) < 4.78 is 0. The van der Waals surface area contributed by atoms with Crippen LogP contribution in [-0.4, -0.2) is 16.3 Å². The largest absolute Gasteiger partial charge is 0.480 e. The zero-order chi connectivity index (χ0) is 15.4. The number of hydrogen-bond acceptors (Lipinski definition) is 2. The Balaban J connectivity index is 2.18. The van der Waals surface area contributed by atoms with Crippen molar-refractivity contribution in [3.05, 3.63) is 64.2 Å². The number of carbonyl (C=O) groups is 1. The van der Waals surface area contributed by atoms with Gasteiger partial charge < -0.3 is 5.11 Å². The molecule has 1 N–H and O–H groups in total. The predicted octanol–water partition coefficient (Wildman–Crippen LogP) is 4.74. The number of carboxylic acids is 1. The number of aliphatic carboxylic acids is 1. The van der Waals surface area contributed by atoms with Crippen molar-refractivity contribution in [3.63, 3.8) is 0 Å². The quantitative estimate of drug-likeness (QED) is 0.808. The van der Waals surface area contributed by atoms with Crippen LogP contribution >= 0.6 is 23.4 Å². The SMILES string of the molecule is Cc1cccc(CC(Sc2ccc(Cl)cc2)C(=O)O)c1C. The average Bonchev–Trinajstić information content (AvgIpc) is 2.45. The third-order valence-corrected chi connectivity index (χ3v) is 4.94. The van der Waals surface area contributed by atoms with Crippen LogP contribution < -0.4 is 0 Å². The van der Waals surface area contributed by atoms with Crippen LogP contribution in [-0.2, 0) is 11.2 Å². The first-order chi connectivity index (χ1) is 9.97. The molecule has 0 heterocycles. The summed E-state index contributed by atoms with van der Waals surface area (Å²) >= 11 is 7.21. The van der Waals surface area contributed by atoms with Crippen LogP contribution in [0, 0.1) is 13.8 Å². The second-order valence-electron chi connectivity index (χ2n) is 4.96. The zero-order valence-corrected chi connectivity index (χ0v) is 13.5. The standard InChI is InChI=1S/C17H17ClO2S/c1-11-4-3-5-13(12(11)2)10-16(17(19)20)21-15-8-6-14(18)7-9-15/h3-9,16H,10H2,1-2H3,(H,19,20). The number of halogens is 1. The van der Waals surface area contributed by atoms with Crippen LogP contribution in [0.25, 0.3) is 0 Å². The second kappa shape index (κ2) is 7.01. The Morgan fingerprint density at radius 1 is 1.19 bits per heavy atom.